The molecular weight excluding hydrogens is 611 g/mol. The standard InChI is InChI=1S/C32H33FN8O4S/c1-4-27(43)39-10-12-40(13-11-39)30-24(41-17-21(42)18-41)14-20(15-34-30)23-8-9-25(45-3)29(36-23)38-32-35-16-26(46-32)31(44)37-28-19(2)6-5-7-22(28)33/h4-9,14-16,21,42H,1,10-13,17-18H2,2-3H3,(H,37,44)(H,35,36,38). The highest BCUT2D eigenvalue weighted by Gasteiger charge is 2.30. The fraction of sp³-hybridized carbons (Fsp3) is 0.281. The molecule has 46 heavy (non-hydrogen) atoms. The van der Waals surface area contributed by atoms with Crippen molar-refractivity contribution in [2.24, 2.45) is 0 Å². The highest BCUT2D eigenvalue weighted by molar-refractivity contribution is 7.17. The quantitative estimate of drug-likeness (QED) is 0.229. The molecule has 0 spiro atoms. The number of hydrogen-bond donors (Lipinski definition) is 3. The Bertz CT molecular complexity index is 1770. The summed E-state index contributed by atoms with van der Waals surface area (Å²) in [6.45, 7) is 8.66. The molecule has 0 bridgehead atoms. The smallest absolute Gasteiger partial charge is 0.267 e. The van der Waals surface area contributed by atoms with E-state index in [2.05, 4.69) is 32.0 Å². The lowest BCUT2D eigenvalue weighted by Gasteiger charge is -2.42. The number of piperazine rings is 1. The van der Waals surface area contributed by atoms with Gasteiger partial charge in [0.05, 0.1) is 36.5 Å². The number of thiazole rings is 1. The number of aliphatic hydroxyl groups is 1. The second-order valence-corrected chi connectivity index (χ2v) is 12.0. The molecule has 1 aromatic carbocycles. The number of halogens is 1. The van der Waals surface area contributed by atoms with Gasteiger partial charge < -0.3 is 35.2 Å². The van der Waals surface area contributed by atoms with Crippen molar-refractivity contribution in [3.63, 3.8) is 0 Å². The van der Waals surface area contributed by atoms with Crippen LogP contribution >= 0.6 is 11.3 Å². The number of carbonyl (C=O) groups is 2. The van der Waals surface area contributed by atoms with E-state index in [0.29, 0.717) is 67.2 Å². The Balaban J connectivity index is 1.23. The lowest BCUT2D eigenvalue weighted by molar-refractivity contribution is -0.126. The van der Waals surface area contributed by atoms with E-state index in [1.807, 2.05) is 12.1 Å². The van der Waals surface area contributed by atoms with Gasteiger partial charge in [-0.15, -0.1) is 0 Å². The van der Waals surface area contributed by atoms with Crippen molar-refractivity contribution < 1.29 is 23.8 Å². The molecular formula is C32H33FN8O4S. The first-order valence-corrected chi connectivity index (χ1v) is 15.5. The molecule has 14 heteroatoms. The summed E-state index contributed by atoms with van der Waals surface area (Å²) in [4.78, 5) is 45.2. The van der Waals surface area contributed by atoms with E-state index in [9.17, 15) is 19.1 Å². The summed E-state index contributed by atoms with van der Waals surface area (Å²) < 4.78 is 19.8. The molecule has 6 rings (SSSR count). The lowest BCUT2D eigenvalue weighted by Crippen LogP contribution is -2.52. The van der Waals surface area contributed by atoms with Crippen LogP contribution in [0, 0.1) is 12.7 Å². The van der Waals surface area contributed by atoms with Crippen molar-refractivity contribution in [3.8, 4) is 17.0 Å². The first-order chi connectivity index (χ1) is 22.2. The second kappa shape index (κ2) is 13.1. The van der Waals surface area contributed by atoms with Crippen LogP contribution in [0.15, 0.2) is 61.4 Å². The van der Waals surface area contributed by atoms with Crippen molar-refractivity contribution >= 4 is 51.3 Å². The number of para-hydroxylation sites is 1. The van der Waals surface area contributed by atoms with Crippen LogP contribution in [0.2, 0.25) is 0 Å². The fourth-order valence-corrected chi connectivity index (χ4v) is 6.06. The second-order valence-electron chi connectivity index (χ2n) is 10.9. The molecule has 2 amide bonds. The van der Waals surface area contributed by atoms with Crippen molar-refractivity contribution in [1.29, 1.82) is 0 Å². The Morgan fingerprint density at radius 2 is 1.89 bits per heavy atom. The van der Waals surface area contributed by atoms with Gasteiger partial charge in [0.1, 0.15) is 10.7 Å². The van der Waals surface area contributed by atoms with E-state index in [1.165, 1.54) is 25.4 Å². The molecule has 3 aromatic heterocycles. The van der Waals surface area contributed by atoms with Crippen LogP contribution in [0.3, 0.4) is 0 Å². The maximum Gasteiger partial charge on any atom is 0.267 e. The minimum atomic E-state index is -0.513. The normalized spacial score (nSPS) is 14.9. The third-order valence-corrected chi connectivity index (χ3v) is 8.82. The van der Waals surface area contributed by atoms with Crippen LogP contribution in [0.1, 0.15) is 15.2 Å². The van der Waals surface area contributed by atoms with Crippen molar-refractivity contribution in [2.45, 2.75) is 13.0 Å². The number of amides is 2. The number of carbonyl (C=O) groups excluding carboxylic acids is 2. The first-order valence-electron chi connectivity index (χ1n) is 14.7. The van der Waals surface area contributed by atoms with Crippen LogP contribution in [0.25, 0.3) is 11.3 Å². The highest BCUT2D eigenvalue weighted by Crippen LogP contribution is 2.37. The summed E-state index contributed by atoms with van der Waals surface area (Å²) >= 11 is 1.10. The molecule has 0 saturated carbocycles. The summed E-state index contributed by atoms with van der Waals surface area (Å²) in [6, 6.07) is 10.2. The van der Waals surface area contributed by atoms with Gasteiger partial charge in [-0.1, -0.05) is 30.0 Å². The number of ether oxygens (including phenoxy) is 1. The van der Waals surface area contributed by atoms with Crippen molar-refractivity contribution in [2.75, 3.05) is 66.8 Å². The van der Waals surface area contributed by atoms with Crippen LogP contribution in [0.4, 0.5) is 32.5 Å². The van der Waals surface area contributed by atoms with Gasteiger partial charge in [0.2, 0.25) is 5.91 Å². The van der Waals surface area contributed by atoms with E-state index in [4.69, 9.17) is 14.7 Å². The molecule has 4 aromatic rings. The summed E-state index contributed by atoms with van der Waals surface area (Å²) in [6.07, 6.45) is 4.10. The number of β-amino-alcohol motifs (C(OH)–C–C–N with tert-alkyl or cyclic N) is 1. The Kier molecular flexibility index (Phi) is 8.81. The number of nitrogens with one attached hydrogen (secondary N) is 2. The molecule has 0 atom stereocenters. The molecule has 12 nitrogen and oxygen atoms in total. The van der Waals surface area contributed by atoms with Crippen LogP contribution < -0.4 is 25.2 Å². The van der Waals surface area contributed by atoms with Gasteiger partial charge in [0.15, 0.2) is 22.5 Å². The number of pyridine rings is 2. The van der Waals surface area contributed by atoms with Gasteiger partial charge >= 0.3 is 0 Å². The zero-order chi connectivity index (χ0) is 32.4. The predicted molar refractivity (Wildman–Crippen MR) is 176 cm³/mol. The Hall–Kier alpha value is -5.08. The molecule has 2 saturated heterocycles. The SMILES string of the molecule is C=CC(=O)N1CCN(c2ncc(-c3ccc(OC)c(Nc4ncc(C(=O)Nc5c(C)cccc5F)s4)n3)cc2N2CC(O)C2)CC1. The minimum absolute atomic E-state index is 0.0843. The summed E-state index contributed by atoms with van der Waals surface area (Å²) in [5.41, 5.74) is 2.99. The number of hydrogen-bond acceptors (Lipinski definition) is 11. The van der Waals surface area contributed by atoms with E-state index < -0.39 is 17.8 Å². The average Bonchev–Trinajstić information content (AvgIpc) is 3.53. The third-order valence-electron chi connectivity index (χ3n) is 7.90. The summed E-state index contributed by atoms with van der Waals surface area (Å²) in [5, 5.41) is 16.2. The zero-order valence-corrected chi connectivity index (χ0v) is 26.2. The van der Waals surface area contributed by atoms with E-state index in [1.54, 1.807) is 36.2 Å². The number of anilines is 5. The molecule has 0 unspecified atom stereocenters. The first kappa shape index (κ1) is 30.9. The fourth-order valence-electron chi connectivity index (χ4n) is 5.35. The molecule has 0 aliphatic carbocycles. The van der Waals surface area contributed by atoms with Crippen LogP contribution in [0.5, 0.6) is 5.75 Å². The molecule has 2 fully saturated rings. The molecule has 238 valence electrons. The number of methoxy groups -OCH3 is 1. The van der Waals surface area contributed by atoms with Gasteiger partial charge in [-0.25, -0.2) is 19.3 Å². The predicted octanol–water partition coefficient (Wildman–Crippen LogP) is 4.07. The number of aliphatic hydroxyl groups excluding tert-OH is 1. The van der Waals surface area contributed by atoms with Crippen LogP contribution in [-0.4, -0.2) is 89.3 Å². The molecule has 0 radical (unpaired) electrons. The third kappa shape index (κ3) is 6.34. The molecule has 5 heterocycles. The van der Waals surface area contributed by atoms with Gasteiger partial charge in [0.25, 0.3) is 5.91 Å². The number of aromatic nitrogens is 3. The number of rotatable bonds is 9. The van der Waals surface area contributed by atoms with Crippen LogP contribution in [-0.2, 0) is 4.79 Å². The summed E-state index contributed by atoms with van der Waals surface area (Å²) in [5.74, 6) is 0.566. The number of nitrogens with zero attached hydrogens (tertiary/aromatic N) is 6. The number of benzene rings is 1. The maximum absolute atomic E-state index is 14.3. The average molecular weight is 645 g/mol. The monoisotopic (exact) mass is 644 g/mol. The van der Waals surface area contributed by atoms with E-state index >= 15 is 0 Å². The molecule has 3 N–H and O–H groups in total. The zero-order valence-electron chi connectivity index (χ0n) is 25.4. The lowest BCUT2D eigenvalue weighted by atomic mass is 10.1. The Labute approximate surface area is 269 Å². The van der Waals surface area contributed by atoms with Gasteiger partial charge in [-0.3, -0.25) is 9.59 Å². The maximum atomic E-state index is 14.3. The topological polar surface area (TPSA) is 136 Å². The van der Waals surface area contributed by atoms with Crippen molar-refractivity contribution in [3.05, 3.63) is 77.7 Å². The highest BCUT2D eigenvalue weighted by atomic mass is 32.1. The van der Waals surface area contributed by atoms with Gasteiger partial charge in [-0.05, 0) is 42.8 Å². The summed E-state index contributed by atoms with van der Waals surface area (Å²) in [7, 11) is 1.53. The van der Waals surface area contributed by atoms with Gasteiger partial charge in [0, 0.05) is 51.0 Å². The molecule has 2 aliphatic rings. The minimum Gasteiger partial charge on any atom is -0.493 e. The Morgan fingerprint density at radius 1 is 1.11 bits per heavy atom. The number of aryl methyl sites for hydroxylation is 1. The van der Waals surface area contributed by atoms with Gasteiger partial charge in [-0.2, -0.15) is 0 Å². The largest absolute Gasteiger partial charge is 0.493 e. The molecule has 2 aliphatic heterocycles. The van der Waals surface area contributed by atoms with E-state index in [-0.39, 0.29) is 16.5 Å². The van der Waals surface area contributed by atoms with E-state index in [0.717, 1.165) is 28.4 Å². The van der Waals surface area contributed by atoms with Crippen molar-refractivity contribution in [1.82, 2.24) is 19.9 Å². The Morgan fingerprint density at radius 3 is 2.59 bits per heavy atom.